The standard InChI is InChI=1S/C25H26AsN3O4/c1-32-26-24(30)20-13-19(14-22(15-20)28-21-5-3-2-4-6-21)18-7-10-27-23(16-18)29-25(31)17-8-11-33-12-9-17/h2-7,10,13-17,26,28H,8-9,11-12H2,1H3,(H,27,29,31). The third kappa shape index (κ3) is 6.29. The third-order valence-electron chi connectivity index (χ3n) is 5.39. The zero-order valence-corrected chi connectivity index (χ0v) is 20.4. The van der Waals surface area contributed by atoms with Gasteiger partial charge >= 0.3 is 195 Å². The Morgan fingerprint density at radius 3 is 2.55 bits per heavy atom. The van der Waals surface area contributed by atoms with Crippen LogP contribution in [0.4, 0.5) is 17.2 Å². The first-order chi connectivity index (χ1) is 16.1. The van der Waals surface area contributed by atoms with E-state index in [1.54, 1.807) is 13.3 Å². The summed E-state index contributed by atoms with van der Waals surface area (Å²) >= 11 is -1.18. The van der Waals surface area contributed by atoms with E-state index < -0.39 is 16.1 Å². The topological polar surface area (TPSA) is 89.5 Å². The summed E-state index contributed by atoms with van der Waals surface area (Å²) in [6.07, 6.45) is 3.09. The van der Waals surface area contributed by atoms with Crippen molar-refractivity contribution in [3.05, 3.63) is 72.4 Å². The van der Waals surface area contributed by atoms with E-state index in [1.165, 1.54) is 0 Å². The fourth-order valence-electron chi connectivity index (χ4n) is 3.70. The number of rotatable bonds is 8. The molecule has 7 nitrogen and oxygen atoms in total. The molecule has 0 bridgehead atoms. The molecule has 1 saturated heterocycles. The predicted molar refractivity (Wildman–Crippen MR) is 130 cm³/mol. The van der Waals surface area contributed by atoms with Crippen molar-refractivity contribution in [2.75, 3.05) is 31.0 Å². The van der Waals surface area contributed by atoms with Crippen molar-refractivity contribution in [2.24, 2.45) is 5.92 Å². The molecule has 2 N–H and O–H groups in total. The van der Waals surface area contributed by atoms with Gasteiger partial charge in [0.05, 0.1) is 0 Å². The molecule has 0 aliphatic carbocycles. The van der Waals surface area contributed by atoms with Crippen LogP contribution in [-0.2, 0) is 13.3 Å². The Morgan fingerprint density at radius 2 is 1.79 bits per heavy atom. The number of carbonyl (C=O) groups excluding carboxylic acids is 2. The van der Waals surface area contributed by atoms with Gasteiger partial charge < -0.3 is 4.74 Å². The number of carbonyl (C=O) groups is 2. The molecule has 1 aliphatic heterocycles. The van der Waals surface area contributed by atoms with E-state index in [4.69, 9.17) is 8.46 Å². The van der Waals surface area contributed by atoms with Crippen molar-refractivity contribution in [3.63, 3.8) is 0 Å². The molecule has 0 saturated carbocycles. The molecule has 2 heterocycles. The van der Waals surface area contributed by atoms with Crippen molar-refractivity contribution in [2.45, 2.75) is 12.8 Å². The van der Waals surface area contributed by atoms with Gasteiger partial charge in [0.25, 0.3) is 0 Å². The summed E-state index contributed by atoms with van der Waals surface area (Å²) in [5.74, 6) is 0.387. The zero-order chi connectivity index (χ0) is 23.0. The molecule has 1 amide bonds. The van der Waals surface area contributed by atoms with Gasteiger partial charge in [-0.2, -0.15) is 0 Å². The van der Waals surface area contributed by atoms with E-state index in [-0.39, 0.29) is 16.4 Å². The molecule has 0 radical (unpaired) electrons. The Kier molecular flexibility index (Phi) is 7.89. The predicted octanol–water partition coefficient (Wildman–Crippen LogP) is 4.00. The Hall–Kier alpha value is -2.99. The molecule has 1 atom stereocenters. The molecule has 0 spiro atoms. The summed E-state index contributed by atoms with van der Waals surface area (Å²) in [4.78, 5) is 29.6. The molecule has 2 aromatic carbocycles. The van der Waals surface area contributed by atoms with Crippen LogP contribution in [-0.4, -0.2) is 51.9 Å². The van der Waals surface area contributed by atoms with Crippen LogP contribution in [0.15, 0.2) is 66.9 Å². The van der Waals surface area contributed by atoms with Gasteiger partial charge in [0, 0.05) is 0 Å². The van der Waals surface area contributed by atoms with Gasteiger partial charge in [0.2, 0.25) is 0 Å². The second-order valence-electron chi connectivity index (χ2n) is 7.73. The van der Waals surface area contributed by atoms with E-state index in [0.717, 1.165) is 22.5 Å². The average molecular weight is 507 g/mol. The molecule has 1 aromatic heterocycles. The number of nitrogens with one attached hydrogen (secondary N) is 2. The van der Waals surface area contributed by atoms with E-state index in [1.807, 2.05) is 60.7 Å². The van der Waals surface area contributed by atoms with Crippen LogP contribution in [0.3, 0.4) is 0 Å². The maximum absolute atomic E-state index is 12.6. The summed E-state index contributed by atoms with van der Waals surface area (Å²) in [6, 6.07) is 19.2. The number of para-hydroxylation sites is 1. The van der Waals surface area contributed by atoms with Crippen LogP contribution in [0, 0.1) is 5.92 Å². The first kappa shape index (κ1) is 23.2. The number of nitrogens with zero attached hydrogens (tertiary/aromatic N) is 1. The number of ether oxygens (including phenoxy) is 1. The zero-order valence-electron chi connectivity index (χ0n) is 18.3. The Bertz CT molecular complexity index is 1120. The quantitative estimate of drug-likeness (QED) is 0.449. The molecular formula is C25H26AsN3O4. The number of benzene rings is 2. The van der Waals surface area contributed by atoms with Crippen LogP contribution in [0.2, 0.25) is 0 Å². The average Bonchev–Trinajstić information content (AvgIpc) is 2.85. The van der Waals surface area contributed by atoms with Crippen LogP contribution in [0.25, 0.3) is 11.1 Å². The van der Waals surface area contributed by atoms with Gasteiger partial charge in [-0.15, -0.1) is 0 Å². The summed E-state index contributed by atoms with van der Waals surface area (Å²) in [6.45, 7) is 1.21. The van der Waals surface area contributed by atoms with Gasteiger partial charge in [-0.1, -0.05) is 0 Å². The molecule has 33 heavy (non-hydrogen) atoms. The third-order valence-corrected chi connectivity index (χ3v) is 6.81. The summed E-state index contributed by atoms with van der Waals surface area (Å²) in [7, 11) is 1.56. The number of aromatic nitrogens is 1. The fourth-order valence-corrected chi connectivity index (χ4v) is 4.64. The Labute approximate surface area is 199 Å². The maximum atomic E-state index is 12.6. The minimum absolute atomic E-state index is 0.0116. The minimum atomic E-state index is -1.18. The molecule has 3 aromatic rings. The van der Waals surface area contributed by atoms with Crippen LogP contribution < -0.4 is 10.6 Å². The normalized spacial score (nSPS) is 14.3. The van der Waals surface area contributed by atoms with Gasteiger partial charge in [0.1, 0.15) is 0 Å². The number of amides is 1. The molecule has 8 heteroatoms. The summed E-state index contributed by atoms with van der Waals surface area (Å²) in [5.41, 5.74) is 4.03. The van der Waals surface area contributed by atoms with E-state index in [2.05, 4.69) is 15.6 Å². The number of anilines is 3. The molecule has 1 aliphatic rings. The van der Waals surface area contributed by atoms with Gasteiger partial charge in [-0.3, -0.25) is 0 Å². The van der Waals surface area contributed by atoms with Crippen molar-refractivity contribution in [1.29, 1.82) is 0 Å². The SMILES string of the molecule is CO[AsH]C(=O)c1cc(Nc2ccccc2)cc(-c2ccnc(NC(=O)C3CCOCC3)c2)c1. The van der Waals surface area contributed by atoms with Crippen LogP contribution in [0.1, 0.15) is 23.2 Å². The number of pyridine rings is 1. The molecular weight excluding hydrogens is 481 g/mol. The Balaban J connectivity index is 1.62. The molecule has 170 valence electrons. The fraction of sp³-hybridized carbons (Fsp3) is 0.240. The van der Waals surface area contributed by atoms with E-state index >= 15 is 0 Å². The second-order valence-corrected chi connectivity index (χ2v) is 9.97. The first-order valence-corrected chi connectivity index (χ1v) is 12.7. The van der Waals surface area contributed by atoms with Crippen molar-refractivity contribution >= 4 is 43.8 Å². The Morgan fingerprint density at radius 1 is 1.00 bits per heavy atom. The number of hydrogen-bond acceptors (Lipinski definition) is 6. The van der Waals surface area contributed by atoms with E-state index in [9.17, 15) is 9.59 Å². The monoisotopic (exact) mass is 507 g/mol. The summed E-state index contributed by atoms with van der Waals surface area (Å²) < 4.78 is 10.5. The van der Waals surface area contributed by atoms with Gasteiger partial charge in [0.15, 0.2) is 0 Å². The van der Waals surface area contributed by atoms with Crippen molar-refractivity contribution in [1.82, 2.24) is 4.98 Å². The van der Waals surface area contributed by atoms with Gasteiger partial charge in [-0.05, 0) is 0 Å². The molecule has 4 rings (SSSR count). The van der Waals surface area contributed by atoms with E-state index in [0.29, 0.717) is 37.4 Å². The van der Waals surface area contributed by atoms with Crippen LogP contribution in [0.5, 0.6) is 0 Å². The van der Waals surface area contributed by atoms with Crippen molar-refractivity contribution < 1.29 is 18.1 Å². The van der Waals surface area contributed by atoms with Crippen molar-refractivity contribution in [3.8, 4) is 11.1 Å². The number of hydrogen-bond donors (Lipinski definition) is 2. The second kappa shape index (κ2) is 11.2. The summed E-state index contributed by atoms with van der Waals surface area (Å²) in [5, 5.41) is 6.30. The van der Waals surface area contributed by atoms with Crippen LogP contribution >= 0.6 is 0 Å². The van der Waals surface area contributed by atoms with Gasteiger partial charge in [-0.25, -0.2) is 0 Å². The molecule has 1 fully saturated rings. The first-order valence-electron chi connectivity index (χ1n) is 10.8. The molecule has 1 unspecified atom stereocenters.